The van der Waals surface area contributed by atoms with Crippen LogP contribution in [0.15, 0.2) is 24.7 Å². The number of pyridine rings is 1. The van der Waals surface area contributed by atoms with Crippen LogP contribution >= 0.6 is 11.6 Å². The van der Waals surface area contributed by atoms with Gasteiger partial charge in [-0.1, -0.05) is 16.8 Å². The molecular formula is C10H10ClN5O2. The predicted octanol–water partition coefficient (Wildman–Crippen LogP) is 1.14. The topological polar surface area (TPSA) is 92.9 Å². The summed E-state index contributed by atoms with van der Waals surface area (Å²) in [5.74, 6) is -0.738. The van der Waals surface area contributed by atoms with E-state index in [1.807, 2.05) is 0 Å². The van der Waals surface area contributed by atoms with Crippen LogP contribution in [0.1, 0.15) is 10.4 Å². The highest BCUT2D eigenvalue weighted by molar-refractivity contribution is 6.35. The number of anilines is 1. The lowest BCUT2D eigenvalue weighted by Crippen LogP contribution is -2.13. The molecule has 8 heteroatoms. The van der Waals surface area contributed by atoms with Gasteiger partial charge in [0.15, 0.2) is 0 Å². The lowest BCUT2D eigenvalue weighted by molar-refractivity contribution is 0.0697. The Labute approximate surface area is 107 Å². The van der Waals surface area contributed by atoms with E-state index in [0.717, 1.165) is 0 Å². The highest BCUT2D eigenvalue weighted by Crippen LogP contribution is 2.23. The Morgan fingerprint density at radius 3 is 3.00 bits per heavy atom. The Balaban J connectivity index is 2.01. The van der Waals surface area contributed by atoms with Crippen LogP contribution < -0.4 is 5.32 Å². The first-order chi connectivity index (χ1) is 8.68. The second kappa shape index (κ2) is 5.46. The number of halogens is 1. The van der Waals surface area contributed by atoms with Crippen molar-refractivity contribution in [1.82, 2.24) is 20.0 Å². The fourth-order valence-corrected chi connectivity index (χ4v) is 1.63. The second-order valence-corrected chi connectivity index (χ2v) is 3.80. The fraction of sp³-hybridized carbons (Fsp3) is 0.200. The van der Waals surface area contributed by atoms with Gasteiger partial charge in [0, 0.05) is 18.9 Å². The molecule has 2 heterocycles. The van der Waals surface area contributed by atoms with Gasteiger partial charge >= 0.3 is 5.97 Å². The lowest BCUT2D eigenvalue weighted by Gasteiger charge is -2.08. The molecular weight excluding hydrogens is 258 g/mol. The third kappa shape index (κ3) is 2.75. The van der Waals surface area contributed by atoms with E-state index >= 15 is 0 Å². The van der Waals surface area contributed by atoms with Crippen LogP contribution in [0.4, 0.5) is 5.82 Å². The molecule has 7 nitrogen and oxygen atoms in total. The van der Waals surface area contributed by atoms with E-state index in [-0.39, 0.29) is 10.6 Å². The molecule has 0 unspecified atom stereocenters. The summed E-state index contributed by atoms with van der Waals surface area (Å²) in [5, 5.41) is 19.4. The Kier molecular flexibility index (Phi) is 3.73. The highest BCUT2D eigenvalue weighted by atomic mass is 35.5. The molecule has 18 heavy (non-hydrogen) atoms. The van der Waals surface area contributed by atoms with Gasteiger partial charge in [-0.3, -0.25) is 4.68 Å². The number of carboxylic acid groups (broad SMARTS) is 1. The van der Waals surface area contributed by atoms with Gasteiger partial charge < -0.3 is 10.4 Å². The van der Waals surface area contributed by atoms with Crippen LogP contribution in [0.2, 0.25) is 5.02 Å². The molecule has 2 N–H and O–H groups in total. The molecule has 0 saturated heterocycles. The van der Waals surface area contributed by atoms with Gasteiger partial charge in [-0.25, -0.2) is 9.78 Å². The molecule has 0 saturated carbocycles. The molecule has 2 aromatic heterocycles. The van der Waals surface area contributed by atoms with Crippen molar-refractivity contribution in [2.24, 2.45) is 0 Å². The lowest BCUT2D eigenvalue weighted by atomic mass is 10.2. The standard InChI is InChI=1S/C10H10ClN5O2/c11-8-7(10(17)18)1-2-12-9(8)13-3-5-16-6-4-14-15-16/h1-2,4,6H,3,5H2,(H,12,13)(H,17,18). The van der Waals surface area contributed by atoms with E-state index in [9.17, 15) is 4.79 Å². The van der Waals surface area contributed by atoms with Crippen LogP contribution in [-0.2, 0) is 6.54 Å². The number of rotatable bonds is 5. The maximum absolute atomic E-state index is 10.9. The molecule has 0 aliphatic carbocycles. The Bertz CT molecular complexity index is 543. The average Bonchev–Trinajstić information content (AvgIpc) is 2.84. The first-order valence-corrected chi connectivity index (χ1v) is 5.52. The van der Waals surface area contributed by atoms with E-state index in [2.05, 4.69) is 20.6 Å². The number of carboxylic acids is 1. The van der Waals surface area contributed by atoms with Crippen LogP contribution in [0.5, 0.6) is 0 Å². The van der Waals surface area contributed by atoms with Gasteiger partial charge in [0.1, 0.15) is 5.82 Å². The zero-order valence-electron chi connectivity index (χ0n) is 9.25. The molecule has 2 aromatic rings. The van der Waals surface area contributed by atoms with Crippen molar-refractivity contribution in [1.29, 1.82) is 0 Å². The number of hydrogen-bond donors (Lipinski definition) is 2. The van der Waals surface area contributed by atoms with Crippen molar-refractivity contribution in [3.05, 3.63) is 35.2 Å². The van der Waals surface area contributed by atoms with Crippen LogP contribution in [0.3, 0.4) is 0 Å². The fourth-order valence-electron chi connectivity index (χ4n) is 1.37. The summed E-state index contributed by atoms with van der Waals surface area (Å²) >= 11 is 5.92. The van der Waals surface area contributed by atoms with Crippen molar-refractivity contribution in [2.45, 2.75) is 6.54 Å². The van der Waals surface area contributed by atoms with Gasteiger partial charge in [0.25, 0.3) is 0 Å². The van der Waals surface area contributed by atoms with Crippen LogP contribution in [0.25, 0.3) is 0 Å². The van der Waals surface area contributed by atoms with Gasteiger partial charge in [-0.15, -0.1) is 5.10 Å². The van der Waals surface area contributed by atoms with E-state index in [1.165, 1.54) is 12.3 Å². The summed E-state index contributed by atoms with van der Waals surface area (Å²) in [6.45, 7) is 1.09. The molecule has 0 atom stereocenters. The van der Waals surface area contributed by atoms with Crippen molar-refractivity contribution in [3.63, 3.8) is 0 Å². The minimum Gasteiger partial charge on any atom is -0.478 e. The third-order valence-corrected chi connectivity index (χ3v) is 2.61. The van der Waals surface area contributed by atoms with Gasteiger partial charge in [0.05, 0.1) is 23.3 Å². The van der Waals surface area contributed by atoms with Crippen molar-refractivity contribution in [3.8, 4) is 0 Å². The average molecular weight is 268 g/mol. The minimum atomic E-state index is -1.08. The summed E-state index contributed by atoms with van der Waals surface area (Å²) < 4.78 is 1.64. The van der Waals surface area contributed by atoms with Gasteiger partial charge in [-0.05, 0) is 6.07 Å². The normalized spacial score (nSPS) is 10.3. The number of nitrogens with zero attached hydrogens (tertiary/aromatic N) is 4. The number of hydrogen-bond acceptors (Lipinski definition) is 5. The summed E-state index contributed by atoms with van der Waals surface area (Å²) in [4.78, 5) is 14.9. The van der Waals surface area contributed by atoms with Gasteiger partial charge in [0.2, 0.25) is 0 Å². The molecule has 0 aliphatic heterocycles. The van der Waals surface area contributed by atoms with Gasteiger partial charge in [-0.2, -0.15) is 0 Å². The maximum atomic E-state index is 10.9. The smallest absolute Gasteiger partial charge is 0.337 e. The van der Waals surface area contributed by atoms with Crippen LogP contribution in [0, 0.1) is 0 Å². The Morgan fingerprint density at radius 2 is 2.33 bits per heavy atom. The number of carbonyl (C=O) groups is 1. The van der Waals surface area contributed by atoms with E-state index in [0.29, 0.717) is 18.9 Å². The molecule has 2 rings (SSSR count). The molecule has 0 fully saturated rings. The molecule has 94 valence electrons. The SMILES string of the molecule is O=C(O)c1ccnc(NCCn2ccnn2)c1Cl. The minimum absolute atomic E-state index is 0.0231. The first kappa shape index (κ1) is 12.3. The van der Waals surface area contributed by atoms with E-state index in [4.69, 9.17) is 16.7 Å². The Morgan fingerprint density at radius 1 is 1.50 bits per heavy atom. The summed E-state index contributed by atoms with van der Waals surface area (Å²) in [5.41, 5.74) is 0.0231. The number of aromatic nitrogens is 4. The largest absolute Gasteiger partial charge is 0.478 e. The quantitative estimate of drug-likeness (QED) is 0.844. The Hall–Kier alpha value is -2.15. The molecule has 0 radical (unpaired) electrons. The zero-order valence-corrected chi connectivity index (χ0v) is 10.0. The van der Waals surface area contributed by atoms with Crippen molar-refractivity contribution in [2.75, 3.05) is 11.9 Å². The second-order valence-electron chi connectivity index (χ2n) is 3.42. The first-order valence-electron chi connectivity index (χ1n) is 5.14. The molecule has 0 bridgehead atoms. The third-order valence-electron chi connectivity index (χ3n) is 2.22. The zero-order chi connectivity index (χ0) is 13.0. The molecule has 0 spiro atoms. The maximum Gasteiger partial charge on any atom is 0.337 e. The number of aromatic carboxylic acids is 1. The van der Waals surface area contributed by atoms with Crippen LogP contribution in [-0.4, -0.2) is 37.6 Å². The van der Waals surface area contributed by atoms with Crippen molar-refractivity contribution < 1.29 is 9.90 Å². The van der Waals surface area contributed by atoms with Crippen molar-refractivity contribution >= 4 is 23.4 Å². The molecule has 0 aromatic carbocycles. The van der Waals surface area contributed by atoms with E-state index in [1.54, 1.807) is 17.1 Å². The summed E-state index contributed by atoms with van der Waals surface area (Å²) in [6, 6.07) is 1.35. The monoisotopic (exact) mass is 267 g/mol. The number of nitrogens with one attached hydrogen (secondary N) is 1. The summed E-state index contributed by atoms with van der Waals surface area (Å²) in [7, 11) is 0. The molecule has 0 aliphatic rings. The summed E-state index contributed by atoms with van der Waals surface area (Å²) in [6.07, 6.45) is 4.70. The molecule has 0 amide bonds. The predicted molar refractivity (Wildman–Crippen MR) is 64.7 cm³/mol. The van der Waals surface area contributed by atoms with E-state index < -0.39 is 5.97 Å². The highest BCUT2D eigenvalue weighted by Gasteiger charge is 2.12.